The van der Waals surface area contributed by atoms with E-state index in [4.69, 9.17) is 41.2 Å². The predicted molar refractivity (Wildman–Crippen MR) is 124 cm³/mol. The minimum absolute atomic E-state index is 0.0384. The summed E-state index contributed by atoms with van der Waals surface area (Å²) >= 11 is 17.2. The lowest BCUT2D eigenvalue weighted by Crippen LogP contribution is -2.54. The average molecular weight is 473 g/mol. The lowest BCUT2D eigenvalue weighted by atomic mass is 10.1. The van der Waals surface area contributed by atoms with Crippen molar-refractivity contribution in [2.45, 2.75) is 6.54 Å². The van der Waals surface area contributed by atoms with E-state index in [2.05, 4.69) is 5.32 Å². The maximum absolute atomic E-state index is 13.2. The number of aromatic nitrogens is 1. The van der Waals surface area contributed by atoms with E-state index in [-0.39, 0.29) is 22.3 Å². The second-order valence-electron chi connectivity index (χ2n) is 6.75. The van der Waals surface area contributed by atoms with Gasteiger partial charge in [-0.2, -0.15) is 0 Å². The number of halogens is 2. The fraction of sp³-hybridized carbons (Fsp3) is 0.0476. The van der Waals surface area contributed by atoms with Crippen molar-refractivity contribution in [3.05, 3.63) is 69.8 Å². The summed E-state index contributed by atoms with van der Waals surface area (Å²) in [5.74, 6) is -1.75. The molecule has 0 unspecified atom stereocenters. The van der Waals surface area contributed by atoms with E-state index in [1.807, 2.05) is 24.3 Å². The minimum Gasteiger partial charge on any atom is -0.368 e. The van der Waals surface area contributed by atoms with E-state index < -0.39 is 17.7 Å². The number of nitrogens with two attached hydrogens (primary N) is 1. The average Bonchev–Trinajstić information content (AvgIpc) is 3.04. The highest BCUT2D eigenvalue weighted by Crippen LogP contribution is 2.30. The van der Waals surface area contributed by atoms with Crippen LogP contribution in [0.25, 0.3) is 17.0 Å². The van der Waals surface area contributed by atoms with Gasteiger partial charge in [0.25, 0.3) is 11.8 Å². The fourth-order valence-corrected chi connectivity index (χ4v) is 3.93. The Labute approximate surface area is 192 Å². The molecule has 0 aliphatic carbocycles. The van der Waals surface area contributed by atoms with Crippen LogP contribution in [-0.2, 0) is 20.9 Å². The first kappa shape index (κ1) is 21.0. The molecule has 2 aromatic carbocycles. The zero-order chi connectivity index (χ0) is 22.3. The second-order valence-corrected chi connectivity index (χ2v) is 7.95. The molecule has 10 heteroatoms. The molecule has 3 aromatic rings. The number of fused-ring (bicyclic) bond motifs is 1. The molecule has 1 aliphatic heterocycles. The van der Waals surface area contributed by atoms with Gasteiger partial charge in [0, 0.05) is 22.7 Å². The first-order valence-electron chi connectivity index (χ1n) is 8.99. The molecule has 1 fully saturated rings. The summed E-state index contributed by atoms with van der Waals surface area (Å²) in [6.45, 7) is -0.0384. The van der Waals surface area contributed by atoms with Gasteiger partial charge < -0.3 is 10.3 Å². The number of nitrogens with zero attached hydrogens (tertiary/aromatic N) is 2. The molecule has 0 atom stereocenters. The molecule has 156 valence electrons. The SMILES string of the molecule is NC(=O)Cn1cc(/C=C2\C(=O)NC(=S)N(c3ccc(Cl)c(Cl)c3)C2=O)c2ccccc21. The van der Waals surface area contributed by atoms with Crippen LogP contribution in [0.3, 0.4) is 0 Å². The van der Waals surface area contributed by atoms with E-state index in [0.29, 0.717) is 16.3 Å². The first-order valence-corrected chi connectivity index (χ1v) is 10.2. The molecular formula is C21H14Cl2N4O3S. The van der Waals surface area contributed by atoms with Crippen molar-refractivity contribution in [2.24, 2.45) is 5.73 Å². The quantitative estimate of drug-likeness (QED) is 0.345. The number of para-hydroxylation sites is 1. The Morgan fingerprint density at radius 1 is 1.13 bits per heavy atom. The third kappa shape index (κ3) is 3.93. The summed E-state index contributed by atoms with van der Waals surface area (Å²) in [7, 11) is 0. The third-order valence-corrected chi connectivity index (χ3v) is 5.73. The van der Waals surface area contributed by atoms with Gasteiger partial charge in [-0.1, -0.05) is 41.4 Å². The summed E-state index contributed by atoms with van der Waals surface area (Å²) in [6.07, 6.45) is 3.13. The highest BCUT2D eigenvalue weighted by atomic mass is 35.5. The van der Waals surface area contributed by atoms with Gasteiger partial charge in [0.1, 0.15) is 12.1 Å². The number of amides is 3. The number of carbonyl (C=O) groups is 3. The summed E-state index contributed by atoms with van der Waals surface area (Å²) < 4.78 is 1.66. The number of benzene rings is 2. The molecule has 3 amide bonds. The number of anilines is 1. The van der Waals surface area contributed by atoms with Crippen LogP contribution in [0.15, 0.2) is 54.2 Å². The molecule has 0 spiro atoms. The van der Waals surface area contributed by atoms with Gasteiger partial charge in [-0.15, -0.1) is 0 Å². The Balaban J connectivity index is 1.81. The van der Waals surface area contributed by atoms with Crippen molar-refractivity contribution in [3.8, 4) is 0 Å². The molecule has 3 N–H and O–H groups in total. The maximum atomic E-state index is 13.2. The molecule has 31 heavy (non-hydrogen) atoms. The molecule has 2 heterocycles. The van der Waals surface area contributed by atoms with Crippen LogP contribution in [0.1, 0.15) is 5.56 Å². The van der Waals surface area contributed by atoms with Crippen molar-refractivity contribution < 1.29 is 14.4 Å². The molecule has 0 radical (unpaired) electrons. The summed E-state index contributed by atoms with van der Waals surface area (Å²) in [6, 6.07) is 11.9. The van der Waals surface area contributed by atoms with Crippen LogP contribution in [0.2, 0.25) is 10.0 Å². The van der Waals surface area contributed by atoms with Crippen molar-refractivity contribution in [1.82, 2.24) is 9.88 Å². The topological polar surface area (TPSA) is 97.4 Å². The van der Waals surface area contributed by atoms with E-state index in [9.17, 15) is 14.4 Å². The standard InChI is InChI=1S/C21H14Cl2N4O3S/c22-15-6-5-12(8-16(15)23)27-20(30)14(19(29)25-21(27)31)7-11-9-26(10-18(24)28)17-4-2-1-3-13(11)17/h1-9H,10H2,(H2,24,28)(H,25,29,31)/b14-7+. The smallest absolute Gasteiger partial charge is 0.270 e. The lowest BCUT2D eigenvalue weighted by Gasteiger charge is -2.29. The molecule has 0 bridgehead atoms. The Morgan fingerprint density at radius 3 is 2.58 bits per heavy atom. The monoisotopic (exact) mass is 472 g/mol. The van der Waals surface area contributed by atoms with Crippen molar-refractivity contribution in [1.29, 1.82) is 0 Å². The molecule has 1 aliphatic rings. The molecule has 4 rings (SSSR count). The third-order valence-electron chi connectivity index (χ3n) is 4.71. The Morgan fingerprint density at radius 2 is 1.87 bits per heavy atom. The normalized spacial score (nSPS) is 15.6. The number of primary amides is 1. The fourth-order valence-electron chi connectivity index (χ4n) is 3.36. The first-order chi connectivity index (χ1) is 14.8. The molecular weight excluding hydrogens is 459 g/mol. The maximum Gasteiger partial charge on any atom is 0.270 e. The van der Waals surface area contributed by atoms with Crippen molar-refractivity contribution >= 4 is 80.9 Å². The van der Waals surface area contributed by atoms with Crippen molar-refractivity contribution in [3.63, 3.8) is 0 Å². The summed E-state index contributed by atoms with van der Waals surface area (Å²) in [5.41, 5.74) is 6.91. The van der Waals surface area contributed by atoms with Gasteiger partial charge in [0.05, 0.1) is 15.7 Å². The zero-order valence-electron chi connectivity index (χ0n) is 15.8. The Kier molecular flexibility index (Phi) is 5.53. The van der Waals surface area contributed by atoms with E-state index in [0.717, 1.165) is 10.9 Å². The van der Waals surface area contributed by atoms with E-state index >= 15 is 0 Å². The van der Waals surface area contributed by atoms with Gasteiger partial charge in [0.15, 0.2) is 5.11 Å². The Bertz CT molecular complexity index is 1320. The number of rotatable bonds is 4. The van der Waals surface area contributed by atoms with Crippen LogP contribution in [-0.4, -0.2) is 27.4 Å². The van der Waals surface area contributed by atoms with Crippen LogP contribution >= 0.6 is 35.4 Å². The highest BCUT2D eigenvalue weighted by molar-refractivity contribution is 7.80. The predicted octanol–water partition coefficient (Wildman–Crippen LogP) is 3.26. The summed E-state index contributed by atoms with van der Waals surface area (Å²) in [5, 5.41) is 3.77. The molecule has 1 aromatic heterocycles. The van der Waals surface area contributed by atoms with Gasteiger partial charge in [0.2, 0.25) is 5.91 Å². The van der Waals surface area contributed by atoms with Crippen LogP contribution in [0, 0.1) is 0 Å². The molecule has 1 saturated heterocycles. The van der Waals surface area contributed by atoms with Crippen LogP contribution in [0.5, 0.6) is 0 Å². The van der Waals surface area contributed by atoms with Crippen molar-refractivity contribution in [2.75, 3.05) is 4.90 Å². The van der Waals surface area contributed by atoms with Gasteiger partial charge >= 0.3 is 0 Å². The van der Waals surface area contributed by atoms with Gasteiger partial charge in [-0.25, -0.2) is 0 Å². The van der Waals surface area contributed by atoms with Gasteiger partial charge in [-0.3, -0.25) is 24.6 Å². The lowest BCUT2D eigenvalue weighted by molar-refractivity contribution is -0.122. The molecule has 0 saturated carbocycles. The van der Waals surface area contributed by atoms with Crippen LogP contribution in [0.4, 0.5) is 5.69 Å². The second kappa shape index (κ2) is 8.14. The van der Waals surface area contributed by atoms with Crippen LogP contribution < -0.4 is 16.0 Å². The molecule has 7 nitrogen and oxygen atoms in total. The minimum atomic E-state index is -0.627. The Hall–Kier alpha value is -3.20. The number of hydrogen-bond donors (Lipinski definition) is 2. The van der Waals surface area contributed by atoms with Gasteiger partial charge in [-0.05, 0) is 42.6 Å². The van der Waals surface area contributed by atoms with E-state index in [1.165, 1.54) is 23.1 Å². The number of hydrogen-bond acceptors (Lipinski definition) is 4. The largest absolute Gasteiger partial charge is 0.368 e. The summed E-state index contributed by atoms with van der Waals surface area (Å²) in [4.78, 5) is 38.4. The number of thiocarbonyl (C=S) groups is 1. The number of carbonyl (C=O) groups excluding carboxylic acids is 3. The highest BCUT2D eigenvalue weighted by Gasteiger charge is 2.35. The number of nitrogens with one attached hydrogen (secondary N) is 1. The van der Waals surface area contributed by atoms with E-state index in [1.54, 1.807) is 16.8 Å². The zero-order valence-corrected chi connectivity index (χ0v) is 18.1.